The van der Waals surface area contributed by atoms with Crippen LogP contribution in [0.15, 0.2) is 48.5 Å². The molecule has 3 nitrogen and oxygen atoms in total. The second-order valence-electron chi connectivity index (χ2n) is 6.31. The highest BCUT2D eigenvalue weighted by atomic mass is 16.4. The van der Waals surface area contributed by atoms with Crippen LogP contribution in [0.2, 0.25) is 0 Å². The van der Waals surface area contributed by atoms with E-state index >= 15 is 0 Å². The lowest BCUT2D eigenvalue weighted by Crippen LogP contribution is -2.35. The van der Waals surface area contributed by atoms with Crippen molar-refractivity contribution in [3.8, 4) is 0 Å². The molecule has 1 aliphatic carbocycles. The highest BCUT2D eigenvalue weighted by molar-refractivity contribution is 5.70. The van der Waals surface area contributed by atoms with Crippen LogP contribution in [0.1, 0.15) is 35.1 Å². The Morgan fingerprint density at radius 1 is 1.08 bits per heavy atom. The number of aryl methyl sites for hydroxylation is 1. The van der Waals surface area contributed by atoms with Gasteiger partial charge in [-0.1, -0.05) is 60.7 Å². The van der Waals surface area contributed by atoms with Gasteiger partial charge in [-0.05, 0) is 41.5 Å². The molecule has 0 amide bonds. The third-order valence-electron chi connectivity index (χ3n) is 4.50. The molecule has 1 unspecified atom stereocenters. The van der Waals surface area contributed by atoms with Gasteiger partial charge < -0.3 is 10.4 Å². The lowest BCUT2D eigenvalue weighted by molar-refractivity contribution is -0.136. The van der Waals surface area contributed by atoms with Gasteiger partial charge in [-0.3, -0.25) is 4.79 Å². The van der Waals surface area contributed by atoms with Crippen LogP contribution in [0.3, 0.4) is 0 Å². The van der Waals surface area contributed by atoms with Gasteiger partial charge in [-0.15, -0.1) is 0 Å². The zero-order chi connectivity index (χ0) is 16.8. The van der Waals surface area contributed by atoms with E-state index in [0.29, 0.717) is 12.6 Å². The van der Waals surface area contributed by atoms with Gasteiger partial charge in [0.25, 0.3) is 0 Å². The fourth-order valence-electron chi connectivity index (χ4n) is 3.19. The SMILES string of the molecule is O=C(O)CCNC1CCc2cc(/C=C/c3ccccc3)ccc2C1. The summed E-state index contributed by atoms with van der Waals surface area (Å²) in [4.78, 5) is 10.6. The molecule has 0 fully saturated rings. The first-order chi connectivity index (χ1) is 11.7. The molecule has 0 radical (unpaired) electrons. The summed E-state index contributed by atoms with van der Waals surface area (Å²) in [6.07, 6.45) is 7.59. The maximum atomic E-state index is 10.6. The molecule has 1 atom stereocenters. The van der Waals surface area contributed by atoms with Crippen molar-refractivity contribution < 1.29 is 9.90 Å². The van der Waals surface area contributed by atoms with Crippen LogP contribution in [-0.2, 0) is 17.6 Å². The molecule has 1 aliphatic rings. The van der Waals surface area contributed by atoms with E-state index in [0.717, 1.165) is 19.3 Å². The summed E-state index contributed by atoms with van der Waals surface area (Å²) in [7, 11) is 0. The fourth-order valence-corrected chi connectivity index (χ4v) is 3.19. The third kappa shape index (κ3) is 4.56. The molecular formula is C21H23NO2. The Balaban J connectivity index is 1.61. The molecule has 3 heteroatoms. The Hall–Kier alpha value is -2.39. The zero-order valence-corrected chi connectivity index (χ0v) is 13.7. The van der Waals surface area contributed by atoms with Gasteiger partial charge in [0, 0.05) is 12.6 Å². The zero-order valence-electron chi connectivity index (χ0n) is 13.7. The minimum atomic E-state index is -0.742. The first kappa shape index (κ1) is 16.5. The molecule has 0 saturated carbocycles. The average molecular weight is 321 g/mol. The van der Waals surface area contributed by atoms with E-state index in [1.54, 1.807) is 0 Å². The minimum Gasteiger partial charge on any atom is -0.481 e. The largest absolute Gasteiger partial charge is 0.481 e. The highest BCUT2D eigenvalue weighted by Crippen LogP contribution is 2.23. The standard InChI is InChI=1S/C21H23NO2/c23-21(24)12-13-22-20-11-10-18-14-17(8-9-19(18)15-20)7-6-16-4-2-1-3-5-16/h1-9,14,20,22H,10-13,15H2,(H,23,24)/b7-6+. The molecule has 2 N–H and O–H groups in total. The predicted molar refractivity (Wildman–Crippen MR) is 97.9 cm³/mol. The Bertz CT molecular complexity index is 722. The number of hydrogen-bond donors (Lipinski definition) is 2. The van der Waals surface area contributed by atoms with Crippen molar-refractivity contribution in [2.75, 3.05) is 6.54 Å². The van der Waals surface area contributed by atoms with Crippen molar-refractivity contribution in [3.05, 3.63) is 70.8 Å². The van der Waals surface area contributed by atoms with E-state index in [2.05, 4.69) is 47.8 Å². The normalized spacial score (nSPS) is 16.9. The number of nitrogens with one attached hydrogen (secondary N) is 1. The van der Waals surface area contributed by atoms with Crippen LogP contribution < -0.4 is 5.32 Å². The molecule has 0 aromatic heterocycles. The van der Waals surface area contributed by atoms with Gasteiger partial charge in [0.2, 0.25) is 0 Å². The molecular weight excluding hydrogens is 298 g/mol. The molecule has 2 aromatic rings. The Morgan fingerprint density at radius 2 is 1.88 bits per heavy atom. The number of benzene rings is 2. The van der Waals surface area contributed by atoms with Crippen molar-refractivity contribution >= 4 is 18.1 Å². The van der Waals surface area contributed by atoms with E-state index in [1.165, 1.54) is 22.3 Å². The van der Waals surface area contributed by atoms with Crippen molar-refractivity contribution in [2.45, 2.75) is 31.7 Å². The van der Waals surface area contributed by atoms with Gasteiger partial charge in [-0.2, -0.15) is 0 Å². The monoisotopic (exact) mass is 321 g/mol. The first-order valence-electron chi connectivity index (χ1n) is 8.51. The summed E-state index contributed by atoms with van der Waals surface area (Å²) >= 11 is 0. The van der Waals surface area contributed by atoms with Gasteiger partial charge in [0.15, 0.2) is 0 Å². The lowest BCUT2D eigenvalue weighted by atomic mass is 9.87. The molecule has 124 valence electrons. The highest BCUT2D eigenvalue weighted by Gasteiger charge is 2.18. The number of carbonyl (C=O) groups is 1. The summed E-state index contributed by atoms with van der Waals surface area (Å²) in [6, 6.07) is 17.4. The predicted octanol–water partition coefficient (Wildman–Crippen LogP) is 3.78. The number of hydrogen-bond acceptors (Lipinski definition) is 2. The van der Waals surface area contributed by atoms with Gasteiger partial charge in [-0.25, -0.2) is 0 Å². The quantitative estimate of drug-likeness (QED) is 0.796. The van der Waals surface area contributed by atoms with Gasteiger partial charge in [0.1, 0.15) is 0 Å². The third-order valence-corrected chi connectivity index (χ3v) is 4.50. The second kappa shape index (κ2) is 7.93. The number of fused-ring (bicyclic) bond motifs is 1. The van der Waals surface area contributed by atoms with Crippen LogP contribution >= 0.6 is 0 Å². The molecule has 0 aliphatic heterocycles. The fraction of sp³-hybridized carbons (Fsp3) is 0.286. The molecule has 0 bridgehead atoms. The Morgan fingerprint density at radius 3 is 2.67 bits per heavy atom. The Labute approximate surface area is 143 Å². The van der Waals surface area contributed by atoms with E-state index < -0.39 is 5.97 Å². The summed E-state index contributed by atoms with van der Waals surface area (Å²) in [5.41, 5.74) is 5.24. The first-order valence-corrected chi connectivity index (χ1v) is 8.51. The number of rotatable bonds is 6. The molecule has 0 spiro atoms. The van der Waals surface area contributed by atoms with Crippen LogP contribution in [0.4, 0.5) is 0 Å². The van der Waals surface area contributed by atoms with Crippen molar-refractivity contribution in [1.82, 2.24) is 5.32 Å². The number of carboxylic acids is 1. The van der Waals surface area contributed by atoms with E-state index in [9.17, 15) is 4.79 Å². The smallest absolute Gasteiger partial charge is 0.304 e. The maximum Gasteiger partial charge on any atom is 0.304 e. The summed E-state index contributed by atoms with van der Waals surface area (Å²) < 4.78 is 0. The van der Waals surface area contributed by atoms with Crippen molar-refractivity contribution in [3.63, 3.8) is 0 Å². The van der Waals surface area contributed by atoms with E-state index in [1.807, 2.05) is 18.2 Å². The van der Waals surface area contributed by atoms with Crippen molar-refractivity contribution in [2.24, 2.45) is 0 Å². The molecule has 24 heavy (non-hydrogen) atoms. The van der Waals surface area contributed by atoms with Crippen LogP contribution in [0.25, 0.3) is 12.2 Å². The van der Waals surface area contributed by atoms with E-state index in [-0.39, 0.29) is 6.42 Å². The number of aliphatic carboxylic acids is 1. The molecule has 3 rings (SSSR count). The topological polar surface area (TPSA) is 49.3 Å². The number of carboxylic acid groups (broad SMARTS) is 1. The maximum absolute atomic E-state index is 10.6. The summed E-state index contributed by atoms with van der Waals surface area (Å²) in [6.45, 7) is 0.549. The van der Waals surface area contributed by atoms with E-state index in [4.69, 9.17) is 5.11 Å². The minimum absolute atomic E-state index is 0.187. The molecule has 0 saturated heterocycles. The second-order valence-corrected chi connectivity index (χ2v) is 6.31. The van der Waals surface area contributed by atoms with Crippen molar-refractivity contribution in [1.29, 1.82) is 0 Å². The molecule has 2 aromatic carbocycles. The summed E-state index contributed by atoms with van der Waals surface area (Å²) in [5.74, 6) is -0.742. The van der Waals surface area contributed by atoms with Crippen LogP contribution in [0, 0.1) is 0 Å². The lowest BCUT2D eigenvalue weighted by Gasteiger charge is -2.25. The van der Waals surface area contributed by atoms with Gasteiger partial charge >= 0.3 is 5.97 Å². The van der Waals surface area contributed by atoms with Crippen LogP contribution in [-0.4, -0.2) is 23.7 Å². The van der Waals surface area contributed by atoms with Gasteiger partial charge in [0.05, 0.1) is 6.42 Å². The molecule has 0 heterocycles. The summed E-state index contributed by atoms with van der Waals surface area (Å²) in [5, 5.41) is 12.1. The Kier molecular flexibility index (Phi) is 5.44. The average Bonchev–Trinajstić information content (AvgIpc) is 2.60. The van der Waals surface area contributed by atoms with Crippen LogP contribution in [0.5, 0.6) is 0 Å².